The third kappa shape index (κ3) is 2.40. The van der Waals surface area contributed by atoms with Gasteiger partial charge >= 0.3 is 7.12 Å². The van der Waals surface area contributed by atoms with E-state index in [9.17, 15) is 8.78 Å². The summed E-state index contributed by atoms with van der Waals surface area (Å²) in [7, 11) is -1.90. The Kier molecular flexibility index (Phi) is 3.25. The number of alkyl halides is 2. The summed E-state index contributed by atoms with van der Waals surface area (Å²) in [6, 6.07) is 3.50. The van der Waals surface area contributed by atoms with Crippen molar-refractivity contribution in [3.05, 3.63) is 28.8 Å². The first-order valence-corrected chi connectivity index (χ1v) is 3.84. The summed E-state index contributed by atoms with van der Waals surface area (Å²) in [5, 5.41) is 17.6. The number of halogens is 3. The minimum absolute atomic E-state index is 0.139. The van der Waals surface area contributed by atoms with Crippen LogP contribution in [0, 0.1) is 0 Å². The number of benzene rings is 1. The van der Waals surface area contributed by atoms with Crippen molar-refractivity contribution in [1.82, 2.24) is 0 Å². The Bertz CT molecular complexity index is 307. The predicted molar refractivity (Wildman–Crippen MR) is 46.2 cm³/mol. The zero-order chi connectivity index (χ0) is 10.0. The van der Waals surface area contributed by atoms with Gasteiger partial charge in [-0.05, 0) is 17.6 Å². The van der Waals surface area contributed by atoms with Gasteiger partial charge < -0.3 is 10.0 Å². The summed E-state index contributed by atoms with van der Waals surface area (Å²) < 4.78 is 24.6. The molecule has 0 aliphatic rings. The fourth-order valence-electron chi connectivity index (χ4n) is 0.970. The zero-order valence-corrected chi connectivity index (χ0v) is 7.17. The lowest BCUT2D eigenvalue weighted by Crippen LogP contribution is -2.33. The molecule has 0 aromatic heterocycles. The third-order valence-corrected chi connectivity index (χ3v) is 1.80. The summed E-state index contributed by atoms with van der Waals surface area (Å²) in [5.41, 5.74) is -0.679. The average Bonchev–Trinajstić information content (AvgIpc) is 2.03. The van der Waals surface area contributed by atoms with Crippen LogP contribution >= 0.6 is 11.6 Å². The van der Waals surface area contributed by atoms with Gasteiger partial charge in [0.15, 0.2) is 0 Å². The highest BCUT2D eigenvalue weighted by Gasteiger charge is 2.21. The van der Waals surface area contributed by atoms with Crippen molar-refractivity contribution >= 4 is 24.2 Å². The van der Waals surface area contributed by atoms with Gasteiger partial charge in [-0.2, -0.15) is 0 Å². The van der Waals surface area contributed by atoms with E-state index >= 15 is 0 Å². The molecule has 1 aromatic rings. The van der Waals surface area contributed by atoms with E-state index < -0.39 is 19.1 Å². The van der Waals surface area contributed by atoms with Gasteiger partial charge in [0.2, 0.25) is 0 Å². The highest BCUT2D eigenvalue weighted by Crippen LogP contribution is 2.20. The van der Waals surface area contributed by atoms with Gasteiger partial charge in [-0.3, -0.25) is 0 Å². The first kappa shape index (κ1) is 10.4. The molecule has 0 atom stereocenters. The third-order valence-electron chi connectivity index (χ3n) is 1.56. The van der Waals surface area contributed by atoms with Crippen LogP contribution in [0.25, 0.3) is 0 Å². The SMILES string of the molecule is OB(O)c1ccc(Cl)cc1C(F)F. The maximum atomic E-state index is 12.3. The van der Waals surface area contributed by atoms with Gasteiger partial charge in [0.05, 0.1) is 0 Å². The van der Waals surface area contributed by atoms with Gasteiger partial charge in [-0.15, -0.1) is 0 Å². The summed E-state index contributed by atoms with van der Waals surface area (Å²) in [6.07, 6.45) is -2.77. The molecular formula is C7H6BClF2O2. The van der Waals surface area contributed by atoms with Crippen LogP contribution in [0.1, 0.15) is 12.0 Å². The van der Waals surface area contributed by atoms with Crippen LogP contribution in [0.3, 0.4) is 0 Å². The Morgan fingerprint density at radius 2 is 1.92 bits per heavy atom. The highest BCUT2D eigenvalue weighted by molar-refractivity contribution is 6.59. The van der Waals surface area contributed by atoms with E-state index in [1.54, 1.807) is 0 Å². The Balaban J connectivity index is 3.19. The molecule has 0 amide bonds. The van der Waals surface area contributed by atoms with E-state index in [1.807, 2.05) is 0 Å². The molecule has 0 aliphatic heterocycles. The molecule has 0 radical (unpaired) electrons. The molecule has 0 spiro atoms. The smallest absolute Gasteiger partial charge is 0.423 e. The van der Waals surface area contributed by atoms with Crippen molar-refractivity contribution in [2.75, 3.05) is 0 Å². The second kappa shape index (κ2) is 4.04. The van der Waals surface area contributed by atoms with Crippen LogP contribution in [0.5, 0.6) is 0 Å². The zero-order valence-electron chi connectivity index (χ0n) is 6.42. The minimum atomic E-state index is -2.77. The molecule has 0 bridgehead atoms. The van der Waals surface area contributed by atoms with Gasteiger partial charge in [-0.25, -0.2) is 8.78 Å². The second-order valence-electron chi connectivity index (χ2n) is 2.45. The lowest BCUT2D eigenvalue weighted by atomic mass is 9.77. The van der Waals surface area contributed by atoms with Crippen molar-refractivity contribution in [2.45, 2.75) is 6.43 Å². The minimum Gasteiger partial charge on any atom is -0.423 e. The molecule has 70 valence electrons. The number of rotatable bonds is 2. The largest absolute Gasteiger partial charge is 0.488 e. The summed E-state index contributed by atoms with van der Waals surface area (Å²) in [4.78, 5) is 0. The van der Waals surface area contributed by atoms with Crippen LogP contribution in [-0.4, -0.2) is 17.2 Å². The van der Waals surface area contributed by atoms with E-state index in [0.29, 0.717) is 0 Å². The van der Waals surface area contributed by atoms with Crippen molar-refractivity contribution in [3.8, 4) is 0 Å². The van der Waals surface area contributed by atoms with Crippen molar-refractivity contribution < 1.29 is 18.8 Å². The van der Waals surface area contributed by atoms with Gasteiger partial charge in [0, 0.05) is 10.6 Å². The molecule has 2 nitrogen and oxygen atoms in total. The van der Waals surface area contributed by atoms with Crippen molar-refractivity contribution in [2.24, 2.45) is 0 Å². The highest BCUT2D eigenvalue weighted by atomic mass is 35.5. The number of hydrogen-bond donors (Lipinski definition) is 2. The number of hydrogen-bond acceptors (Lipinski definition) is 2. The van der Waals surface area contributed by atoms with E-state index in [1.165, 1.54) is 6.07 Å². The van der Waals surface area contributed by atoms with Crippen LogP contribution in [0.2, 0.25) is 5.02 Å². The van der Waals surface area contributed by atoms with Crippen LogP contribution in [0.4, 0.5) is 8.78 Å². The summed E-state index contributed by atoms with van der Waals surface area (Å²) >= 11 is 5.47. The molecule has 0 unspecified atom stereocenters. The van der Waals surface area contributed by atoms with Gasteiger partial charge in [-0.1, -0.05) is 17.7 Å². The molecule has 1 aromatic carbocycles. The first-order chi connectivity index (χ1) is 6.02. The molecular weight excluding hydrogens is 200 g/mol. The Morgan fingerprint density at radius 3 is 2.38 bits per heavy atom. The van der Waals surface area contributed by atoms with Gasteiger partial charge in [0.25, 0.3) is 6.43 Å². The molecule has 0 fully saturated rings. The monoisotopic (exact) mass is 206 g/mol. The Labute approximate surface area is 78.9 Å². The lowest BCUT2D eigenvalue weighted by molar-refractivity contribution is 0.152. The standard InChI is InChI=1S/C7H6BClF2O2/c9-4-1-2-6(8(12)13)5(3-4)7(10)11/h1-3,7,12-13H. The van der Waals surface area contributed by atoms with E-state index in [0.717, 1.165) is 12.1 Å². The maximum Gasteiger partial charge on any atom is 0.488 e. The molecule has 0 saturated carbocycles. The average molecular weight is 206 g/mol. The second-order valence-corrected chi connectivity index (χ2v) is 2.88. The van der Waals surface area contributed by atoms with Crippen LogP contribution in [-0.2, 0) is 0 Å². The molecule has 6 heteroatoms. The molecule has 0 heterocycles. The molecule has 0 saturated heterocycles. The Morgan fingerprint density at radius 1 is 1.31 bits per heavy atom. The molecule has 0 aliphatic carbocycles. The molecule has 13 heavy (non-hydrogen) atoms. The van der Waals surface area contributed by atoms with E-state index in [-0.39, 0.29) is 10.5 Å². The van der Waals surface area contributed by atoms with Crippen molar-refractivity contribution in [3.63, 3.8) is 0 Å². The predicted octanol–water partition coefficient (Wildman–Crippen LogP) is 0.957. The summed E-state index contributed by atoms with van der Waals surface area (Å²) in [5.74, 6) is 0. The topological polar surface area (TPSA) is 40.5 Å². The van der Waals surface area contributed by atoms with Gasteiger partial charge in [0.1, 0.15) is 0 Å². The fraction of sp³-hybridized carbons (Fsp3) is 0.143. The van der Waals surface area contributed by atoms with E-state index in [2.05, 4.69) is 0 Å². The van der Waals surface area contributed by atoms with Crippen LogP contribution in [0.15, 0.2) is 18.2 Å². The van der Waals surface area contributed by atoms with Crippen LogP contribution < -0.4 is 5.46 Å². The lowest BCUT2D eigenvalue weighted by Gasteiger charge is -2.07. The summed E-state index contributed by atoms with van der Waals surface area (Å²) in [6.45, 7) is 0. The Hall–Kier alpha value is -0.645. The molecule has 2 N–H and O–H groups in total. The van der Waals surface area contributed by atoms with E-state index in [4.69, 9.17) is 21.6 Å². The fourth-order valence-corrected chi connectivity index (χ4v) is 1.15. The quantitative estimate of drug-likeness (QED) is 0.708. The maximum absolute atomic E-state index is 12.3. The molecule has 1 rings (SSSR count). The normalized spacial score (nSPS) is 10.6. The van der Waals surface area contributed by atoms with Crippen molar-refractivity contribution in [1.29, 1.82) is 0 Å². The first-order valence-electron chi connectivity index (χ1n) is 3.46.